The van der Waals surface area contributed by atoms with Crippen LogP contribution in [0, 0.1) is 5.82 Å². The zero-order chi connectivity index (χ0) is 18.1. The van der Waals surface area contributed by atoms with Crippen molar-refractivity contribution in [3.8, 4) is 5.75 Å². The zero-order valence-corrected chi connectivity index (χ0v) is 14.6. The molecule has 1 aliphatic heterocycles. The van der Waals surface area contributed by atoms with Gasteiger partial charge < -0.3 is 19.7 Å². The second kappa shape index (κ2) is 6.57. The maximum atomic E-state index is 13.6. The van der Waals surface area contributed by atoms with Crippen LogP contribution >= 0.6 is 0 Å². The summed E-state index contributed by atoms with van der Waals surface area (Å²) in [6.45, 7) is 9.25. The van der Waals surface area contributed by atoms with Crippen LogP contribution in [0.3, 0.4) is 0 Å². The molecular formula is C17H23BFNO4. The molecule has 2 N–H and O–H groups in total. The van der Waals surface area contributed by atoms with E-state index in [1.54, 1.807) is 12.1 Å². The molecule has 0 aromatic heterocycles. The van der Waals surface area contributed by atoms with Crippen molar-refractivity contribution in [3.63, 3.8) is 0 Å². The molecule has 1 aliphatic rings. The van der Waals surface area contributed by atoms with Gasteiger partial charge in [0.1, 0.15) is 0 Å². The molecule has 0 unspecified atom stereocenters. The Hall–Kier alpha value is -1.86. The Morgan fingerprint density at radius 2 is 1.88 bits per heavy atom. The van der Waals surface area contributed by atoms with E-state index in [2.05, 4.69) is 5.32 Å². The molecule has 0 atom stereocenters. The number of para-hydroxylation sites is 1. The van der Waals surface area contributed by atoms with Crippen LogP contribution in [0.4, 0.5) is 4.39 Å². The van der Waals surface area contributed by atoms with E-state index in [1.807, 2.05) is 27.7 Å². The van der Waals surface area contributed by atoms with Crippen molar-refractivity contribution in [1.29, 1.82) is 0 Å². The molecule has 1 aromatic carbocycles. The van der Waals surface area contributed by atoms with Gasteiger partial charge in [-0.2, -0.15) is 0 Å². The van der Waals surface area contributed by atoms with E-state index in [1.165, 1.54) is 19.1 Å². The summed E-state index contributed by atoms with van der Waals surface area (Å²) < 4.78 is 25.5. The van der Waals surface area contributed by atoms with E-state index >= 15 is 0 Å². The standard InChI is InChI=1S/C17H23BFNO4/c1-11(21)20-10-13(9-12-7-6-8-14(19)15(12)22)18-23-16(2,3)17(4,5)24-18/h6-9,22H,10H2,1-5H3,(H,20,21). The molecule has 1 fully saturated rings. The van der Waals surface area contributed by atoms with Gasteiger partial charge in [-0.25, -0.2) is 4.39 Å². The number of hydrogen-bond donors (Lipinski definition) is 2. The van der Waals surface area contributed by atoms with Gasteiger partial charge in [0, 0.05) is 19.0 Å². The second-order valence-corrected chi connectivity index (χ2v) is 6.89. The summed E-state index contributed by atoms with van der Waals surface area (Å²) in [5.74, 6) is -1.37. The third-order valence-corrected chi connectivity index (χ3v) is 4.46. The third kappa shape index (κ3) is 3.79. The minimum atomic E-state index is -0.712. The highest BCUT2D eigenvalue weighted by Crippen LogP contribution is 2.39. The van der Waals surface area contributed by atoms with E-state index in [0.717, 1.165) is 0 Å². The summed E-state index contributed by atoms with van der Waals surface area (Å²) in [4.78, 5) is 11.3. The quantitative estimate of drug-likeness (QED) is 0.830. The van der Waals surface area contributed by atoms with Crippen molar-refractivity contribution >= 4 is 19.1 Å². The van der Waals surface area contributed by atoms with E-state index in [4.69, 9.17) is 9.31 Å². The fraction of sp³-hybridized carbons (Fsp3) is 0.471. The highest BCUT2D eigenvalue weighted by molar-refractivity contribution is 6.56. The van der Waals surface area contributed by atoms with E-state index < -0.39 is 29.9 Å². The van der Waals surface area contributed by atoms with Crippen LogP contribution in [-0.2, 0) is 14.1 Å². The minimum absolute atomic E-state index is 0.169. The molecule has 2 rings (SSSR count). The van der Waals surface area contributed by atoms with E-state index in [9.17, 15) is 14.3 Å². The van der Waals surface area contributed by atoms with Crippen LogP contribution in [0.5, 0.6) is 5.75 Å². The lowest BCUT2D eigenvalue weighted by molar-refractivity contribution is -0.118. The molecule has 1 heterocycles. The Balaban J connectivity index is 2.37. The number of carbonyl (C=O) groups is 1. The zero-order valence-electron chi connectivity index (χ0n) is 14.6. The van der Waals surface area contributed by atoms with Gasteiger partial charge in [0.2, 0.25) is 5.91 Å². The monoisotopic (exact) mass is 335 g/mol. The average Bonchev–Trinajstić information content (AvgIpc) is 2.67. The van der Waals surface area contributed by atoms with Gasteiger partial charge >= 0.3 is 7.12 Å². The Labute approximate surface area is 142 Å². The predicted molar refractivity (Wildman–Crippen MR) is 90.8 cm³/mol. The van der Waals surface area contributed by atoms with Gasteiger partial charge in [-0.3, -0.25) is 4.79 Å². The number of amides is 1. The summed E-state index contributed by atoms with van der Waals surface area (Å²) in [5.41, 5.74) is -0.205. The third-order valence-electron chi connectivity index (χ3n) is 4.46. The Morgan fingerprint density at radius 3 is 2.42 bits per heavy atom. The van der Waals surface area contributed by atoms with Crippen molar-refractivity contribution in [1.82, 2.24) is 5.32 Å². The van der Waals surface area contributed by atoms with E-state index in [0.29, 0.717) is 11.0 Å². The average molecular weight is 335 g/mol. The molecule has 0 bridgehead atoms. The highest BCUT2D eigenvalue weighted by Gasteiger charge is 2.52. The molecule has 0 radical (unpaired) electrons. The minimum Gasteiger partial charge on any atom is -0.504 e. The van der Waals surface area contributed by atoms with Crippen molar-refractivity contribution in [2.24, 2.45) is 0 Å². The van der Waals surface area contributed by atoms with Gasteiger partial charge in [-0.05, 0) is 39.2 Å². The van der Waals surface area contributed by atoms with E-state index in [-0.39, 0.29) is 12.5 Å². The number of benzene rings is 1. The lowest BCUT2D eigenvalue weighted by Crippen LogP contribution is -2.41. The largest absolute Gasteiger partial charge is 0.504 e. The number of phenols is 1. The smallest absolute Gasteiger partial charge is 0.492 e. The van der Waals surface area contributed by atoms with Crippen molar-refractivity contribution < 1.29 is 23.6 Å². The molecule has 0 saturated carbocycles. The molecular weight excluding hydrogens is 312 g/mol. The molecule has 1 aromatic rings. The van der Waals surface area contributed by atoms with Gasteiger partial charge in [-0.1, -0.05) is 18.2 Å². The van der Waals surface area contributed by atoms with Crippen LogP contribution in [-0.4, -0.2) is 35.9 Å². The van der Waals surface area contributed by atoms with Gasteiger partial charge in [0.15, 0.2) is 11.6 Å². The first-order valence-corrected chi connectivity index (χ1v) is 7.81. The second-order valence-electron chi connectivity index (χ2n) is 6.89. The number of hydrogen-bond acceptors (Lipinski definition) is 4. The molecule has 130 valence electrons. The van der Waals surface area contributed by atoms with Crippen molar-refractivity contribution in [2.75, 3.05) is 6.54 Å². The summed E-state index contributed by atoms with van der Waals surface area (Å²) in [7, 11) is -0.704. The fourth-order valence-electron chi connectivity index (χ4n) is 2.27. The fourth-order valence-corrected chi connectivity index (χ4v) is 2.27. The predicted octanol–water partition coefficient (Wildman–Crippen LogP) is 2.68. The van der Waals surface area contributed by atoms with Crippen LogP contribution in [0.25, 0.3) is 6.08 Å². The molecule has 7 heteroatoms. The summed E-state index contributed by atoms with van der Waals surface area (Å²) in [5, 5.41) is 12.6. The number of nitrogens with one attached hydrogen (secondary N) is 1. The normalized spacial score (nSPS) is 19.4. The van der Waals surface area contributed by atoms with Crippen LogP contribution in [0.2, 0.25) is 0 Å². The first-order chi connectivity index (χ1) is 11.0. The molecule has 24 heavy (non-hydrogen) atoms. The topological polar surface area (TPSA) is 67.8 Å². The molecule has 1 amide bonds. The molecule has 0 spiro atoms. The Morgan fingerprint density at radius 1 is 1.29 bits per heavy atom. The number of carbonyl (C=O) groups excluding carboxylic acids is 1. The number of aromatic hydroxyl groups is 1. The summed E-state index contributed by atoms with van der Waals surface area (Å²) >= 11 is 0. The summed E-state index contributed by atoms with van der Waals surface area (Å²) in [6.07, 6.45) is 1.58. The van der Waals surface area contributed by atoms with Gasteiger partial charge in [0.25, 0.3) is 0 Å². The molecule has 0 aliphatic carbocycles. The lowest BCUT2D eigenvalue weighted by Gasteiger charge is -2.32. The van der Waals surface area contributed by atoms with Crippen LogP contribution in [0.1, 0.15) is 40.2 Å². The first-order valence-electron chi connectivity index (χ1n) is 7.81. The Kier molecular flexibility index (Phi) is 5.06. The Bertz CT molecular complexity index is 657. The molecule has 1 saturated heterocycles. The SMILES string of the molecule is CC(=O)NCC(=Cc1cccc(F)c1O)B1OC(C)(C)C(C)(C)O1. The highest BCUT2D eigenvalue weighted by atomic mass is 19.1. The van der Waals surface area contributed by atoms with Gasteiger partial charge in [0.05, 0.1) is 11.2 Å². The van der Waals surface area contributed by atoms with Crippen molar-refractivity contribution in [2.45, 2.75) is 45.8 Å². The maximum absolute atomic E-state index is 13.6. The van der Waals surface area contributed by atoms with Gasteiger partial charge in [-0.15, -0.1) is 0 Å². The van der Waals surface area contributed by atoms with Crippen molar-refractivity contribution in [3.05, 3.63) is 35.1 Å². The van der Waals surface area contributed by atoms with Crippen LogP contribution in [0.15, 0.2) is 23.7 Å². The first kappa shape index (κ1) is 18.5. The maximum Gasteiger partial charge on any atom is 0.492 e. The number of rotatable bonds is 4. The lowest BCUT2D eigenvalue weighted by atomic mass is 9.77. The number of phenolic OH excluding ortho intramolecular Hbond substituents is 1. The molecule has 5 nitrogen and oxygen atoms in total. The van der Waals surface area contributed by atoms with Crippen LogP contribution < -0.4 is 5.32 Å². The number of halogens is 1. The summed E-state index contributed by atoms with van der Waals surface area (Å²) in [6, 6.07) is 4.26.